The van der Waals surface area contributed by atoms with Gasteiger partial charge in [-0.1, -0.05) is 12.1 Å². The Morgan fingerprint density at radius 2 is 2.13 bits per heavy atom. The van der Waals surface area contributed by atoms with Gasteiger partial charge in [0.1, 0.15) is 5.82 Å². The molecule has 0 aliphatic heterocycles. The van der Waals surface area contributed by atoms with E-state index in [1.165, 1.54) is 13.0 Å². The molecule has 0 atom stereocenters. The number of carbonyl (C=O) groups excluding carboxylic acids is 1. The largest absolute Gasteiger partial charge is 0.380 e. The topological polar surface area (TPSA) is 59.8 Å². The van der Waals surface area contributed by atoms with Gasteiger partial charge in [-0.25, -0.2) is 14.1 Å². The van der Waals surface area contributed by atoms with Crippen LogP contribution in [0.4, 0.5) is 10.1 Å². The maximum atomic E-state index is 13.8. The lowest BCUT2D eigenvalue weighted by Gasteiger charge is -2.11. The van der Waals surface area contributed by atoms with Gasteiger partial charge in [0.25, 0.3) is 0 Å². The summed E-state index contributed by atoms with van der Waals surface area (Å²) in [6.45, 7) is 1.79. The van der Waals surface area contributed by atoms with E-state index in [4.69, 9.17) is 0 Å². The predicted octanol–water partition coefficient (Wildman–Crippen LogP) is 3.22. The fourth-order valence-corrected chi connectivity index (χ4v) is 2.29. The molecule has 2 heterocycles. The summed E-state index contributed by atoms with van der Waals surface area (Å²) in [5, 5.41) is 7.19. The van der Waals surface area contributed by atoms with E-state index in [0.717, 1.165) is 5.56 Å². The van der Waals surface area contributed by atoms with E-state index in [9.17, 15) is 9.18 Å². The standard InChI is InChI=1S/C17H15FN4O/c1-12(23)17-14(18)4-2-5-15(17)19-10-13-6-7-16(20-11-13)22-9-3-8-21-22/h2-9,11,19H,10H2,1H3. The van der Waals surface area contributed by atoms with Gasteiger partial charge in [0.05, 0.1) is 5.56 Å². The van der Waals surface area contributed by atoms with E-state index >= 15 is 0 Å². The zero-order valence-corrected chi connectivity index (χ0v) is 12.5. The highest BCUT2D eigenvalue weighted by Gasteiger charge is 2.12. The minimum absolute atomic E-state index is 0.0774. The Kier molecular flexibility index (Phi) is 4.14. The molecule has 2 aromatic heterocycles. The molecular formula is C17H15FN4O. The Bertz CT molecular complexity index is 813. The van der Waals surface area contributed by atoms with Gasteiger partial charge in [0, 0.05) is 30.8 Å². The Balaban J connectivity index is 1.74. The zero-order chi connectivity index (χ0) is 16.2. The normalized spacial score (nSPS) is 10.5. The van der Waals surface area contributed by atoms with Crippen LogP contribution in [0.5, 0.6) is 0 Å². The van der Waals surface area contributed by atoms with Gasteiger partial charge in [0.2, 0.25) is 0 Å². The first-order valence-corrected chi connectivity index (χ1v) is 7.13. The molecule has 6 heteroatoms. The number of nitrogens with one attached hydrogen (secondary N) is 1. The maximum absolute atomic E-state index is 13.8. The van der Waals surface area contributed by atoms with Crippen molar-refractivity contribution in [3.8, 4) is 5.82 Å². The van der Waals surface area contributed by atoms with E-state index in [2.05, 4.69) is 15.4 Å². The molecule has 3 aromatic rings. The second-order valence-corrected chi connectivity index (χ2v) is 5.05. The molecule has 1 aromatic carbocycles. The first-order valence-electron chi connectivity index (χ1n) is 7.13. The number of pyridine rings is 1. The lowest BCUT2D eigenvalue weighted by Crippen LogP contribution is -2.07. The molecule has 0 amide bonds. The van der Waals surface area contributed by atoms with Crippen LogP contribution in [0.1, 0.15) is 22.8 Å². The SMILES string of the molecule is CC(=O)c1c(F)cccc1NCc1ccc(-n2cccn2)nc1. The fraction of sp³-hybridized carbons (Fsp3) is 0.118. The number of nitrogens with zero attached hydrogens (tertiary/aromatic N) is 3. The first kappa shape index (κ1) is 14.9. The number of aromatic nitrogens is 3. The van der Waals surface area contributed by atoms with Gasteiger partial charge in [0.15, 0.2) is 11.6 Å². The zero-order valence-electron chi connectivity index (χ0n) is 12.5. The van der Waals surface area contributed by atoms with E-state index in [1.54, 1.807) is 29.2 Å². The van der Waals surface area contributed by atoms with Crippen LogP contribution in [0.15, 0.2) is 55.0 Å². The fourth-order valence-electron chi connectivity index (χ4n) is 2.29. The quantitative estimate of drug-likeness (QED) is 0.735. The number of hydrogen-bond acceptors (Lipinski definition) is 4. The number of ketones is 1. The van der Waals surface area contributed by atoms with Crippen LogP contribution >= 0.6 is 0 Å². The highest BCUT2D eigenvalue weighted by Crippen LogP contribution is 2.20. The minimum Gasteiger partial charge on any atom is -0.380 e. The van der Waals surface area contributed by atoms with Crippen LogP contribution in [0, 0.1) is 5.82 Å². The number of rotatable bonds is 5. The number of halogens is 1. The summed E-state index contributed by atoms with van der Waals surface area (Å²) in [6, 6.07) is 10.1. The molecule has 0 saturated heterocycles. The summed E-state index contributed by atoms with van der Waals surface area (Å²) in [7, 11) is 0. The van der Waals surface area contributed by atoms with Crippen LogP contribution in [-0.2, 0) is 6.54 Å². The molecule has 0 aliphatic carbocycles. The summed E-state index contributed by atoms with van der Waals surface area (Å²) in [5.41, 5.74) is 1.47. The van der Waals surface area contributed by atoms with Gasteiger partial charge < -0.3 is 5.32 Å². The summed E-state index contributed by atoms with van der Waals surface area (Å²) in [6.07, 6.45) is 5.22. The van der Waals surface area contributed by atoms with Crippen LogP contribution in [0.3, 0.4) is 0 Å². The first-order chi connectivity index (χ1) is 11.1. The molecular weight excluding hydrogens is 295 g/mol. The Hall–Kier alpha value is -3.02. The van der Waals surface area contributed by atoms with Crippen molar-refractivity contribution in [3.63, 3.8) is 0 Å². The highest BCUT2D eigenvalue weighted by molar-refractivity contribution is 5.99. The lowest BCUT2D eigenvalue weighted by atomic mass is 10.1. The second-order valence-electron chi connectivity index (χ2n) is 5.05. The molecule has 23 heavy (non-hydrogen) atoms. The molecule has 0 saturated carbocycles. The average Bonchev–Trinajstić information content (AvgIpc) is 3.07. The smallest absolute Gasteiger partial charge is 0.164 e. The van der Waals surface area contributed by atoms with Gasteiger partial charge in [-0.05, 0) is 36.8 Å². The molecule has 3 rings (SSSR count). The second kappa shape index (κ2) is 6.39. The van der Waals surface area contributed by atoms with Gasteiger partial charge in [-0.15, -0.1) is 0 Å². The monoisotopic (exact) mass is 310 g/mol. The van der Waals surface area contributed by atoms with E-state index < -0.39 is 5.82 Å². The van der Waals surface area contributed by atoms with Crippen molar-refractivity contribution >= 4 is 11.5 Å². The van der Waals surface area contributed by atoms with E-state index in [0.29, 0.717) is 18.1 Å². The lowest BCUT2D eigenvalue weighted by molar-refractivity contribution is 0.101. The van der Waals surface area contributed by atoms with Gasteiger partial charge in [-0.2, -0.15) is 5.10 Å². The van der Waals surface area contributed by atoms with Crippen molar-refractivity contribution in [2.24, 2.45) is 0 Å². The van der Waals surface area contributed by atoms with Crippen LogP contribution in [0.25, 0.3) is 5.82 Å². The van der Waals surface area contributed by atoms with Gasteiger partial charge in [-0.3, -0.25) is 4.79 Å². The van der Waals surface area contributed by atoms with E-state index in [-0.39, 0.29) is 11.3 Å². The number of Topliss-reactive ketones (excluding diaryl/α,β-unsaturated/α-hetero) is 1. The number of hydrogen-bond donors (Lipinski definition) is 1. The Labute approximate surface area is 132 Å². The predicted molar refractivity (Wildman–Crippen MR) is 85.1 cm³/mol. The molecule has 0 radical (unpaired) electrons. The average molecular weight is 310 g/mol. The summed E-state index contributed by atoms with van der Waals surface area (Å²) < 4.78 is 15.4. The molecule has 116 valence electrons. The van der Waals surface area contributed by atoms with Crippen molar-refractivity contribution in [2.75, 3.05) is 5.32 Å². The van der Waals surface area contributed by atoms with Crippen LogP contribution < -0.4 is 5.32 Å². The van der Waals surface area contributed by atoms with Crippen molar-refractivity contribution in [2.45, 2.75) is 13.5 Å². The van der Waals surface area contributed by atoms with E-state index in [1.807, 2.05) is 24.4 Å². The molecule has 0 bridgehead atoms. The Morgan fingerprint density at radius 1 is 1.26 bits per heavy atom. The molecule has 1 N–H and O–H groups in total. The molecule has 5 nitrogen and oxygen atoms in total. The van der Waals surface area contributed by atoms with Gasteiger partial charge >= 0.3 is 0 Å². The number of carbonyl (C=O) groups is 1. The van der Waals surface area contributed by atoms with Crippen molar-refractivity contribution in [1.82, 2.24) is 14.8 Å². The molecule has 0 unspecified atom stereocenters. The number of benzene rings is 1. The van der Waals surface area contributed by atoms with Crippen LogP contribution in [0.2, 0.25) is 0 Å². The summed E-state index contributed by atoms with van der Waals surface area (Å²) >= 11 is 0. The highest BCUT2D eigenvalue weighted by atomic mass is 19.1. The van der Waals surface area contributed by atoms with Crippen LogP contribution in [-0.4, -0.2) is 20.5 Å². The van der Waals surface area contributed by atoms with Crippen molar-refractivity contribution in [1.29, 1.82) is 0 Å². The molecule has 0 fully saturated rings. The van der Waals surface area contributed by atoms with Crippen molar-refractivity contribution < 1.29 is 9.18 Å². The summed E-state index contributed by atoms with van der Waals surface area (Å²) in [4.78, 5) is 15.9. The molecule has 0 spiro atoms. The molecule has 0 aliphatic rings. The Morgan fingerprint density at radius 3 is 2.78 bits per heavy atom. The summed E-state index contributed by atoms with van der Waals surface area (Å²) in [5.74, 6) is -0.110. The maximum Gasteiger partial charge on any atom is 0.164 e. The number of anilines is 1. The van der Waals surface area contributed by atoms with Crippen molar-refractivity contribution in [3.05, 3.63) is 71.9 Å². The third-order valence-electron chi connectivity index (χ3n) is 3.40. The minimum atomic E-state index is -0.519. The third kappa shape index (κ3) is 3.26. The third-order valence-corrected chi connectivity index (χ3v) is 3.40.